The molecule has 0 aromatic heterocycles. The predicted octanol–water partition coefficient (Wildman–Crippen LogP) is 6.27. The number of hydrogen-bond acceptors (Lipinski definition) is 8. The van der Waals surface area contributed by atoms with E-state index in [-0.39, 0.29) is 50.7 Å². The molecule has 11 nitrogen and oxygen atoms in total. The lowest BCUT2D eigenvalue weighted by Crippen LogP contribution is -2.46. The summed E-state index contributed by atoms with van der Waals surface area (Å²) in [6, 6.07) is 12.5. The highest BCUT2D eigenvalue weighted by molar-refractivity contribution is 8.00. The molecule has 3 N–H and O–H groups in total. The van der Waals surface area contributed by atoms with Crippen LogP contribution in [0.15, 0.2) is 64.4 Å². The average Bonchev–Trinajstić information content (AvgIpc) is 3.16. The van der Waals surface area contributed by atoms with E-state index >= 15 is 17.6 Å². The maximum atomic E-state index is 16.8. The third-order valence-corrected chi connectivity index (χ3v) is 15.3. The first-order chi connectivity index (χ1) is 28.7. The molecule has 3 aliphatic rings. The number of aryl methyl sites for hydroxylation is 1. The quantitative estimate of drug-likeness (QED) is 0.0481. The van der Waals surface area contributed by atoms with Gasteiger partial charge in [0.25, 0.3) is 30.4 Å². The van der Waals surface area contributed by atoms with Crippen molar-refractivity contribution in [3.8, 4) is 0 Å². The van der Waals surface area contributed by atoms with Gasteiger partial charge in [-0.2, -0.15) is 25.3 Å². The third-order valence-electron chi connectivity index (χ3n) is 11.8. The molecule has 2 heterocycles. The number of benzene rings is 4. The minimum atomic E-state index is -4.69. The molecule has 332 valence electrons. The summed E-state index contributed by atoms with van der Waals surface area (Å²) in [7, 11) is -13.8. The molecular weight excluding hydrogens is 893 g/mol. The largest absolute Gasteiger partial charge is 0.358 e. The molecule has 7 rings (SSSR count). The van der Waals surface area contributed by atoms with Crippen LogP contribution in [0.4, 0.5) is 23.2 Å². The molecule has 2 aliphatic heterocycles. The fourth-order valence-electron chi connectivity index (χ4n) is 8.94. The van der Waals surface area contributed by atoms with Crippen LogP contribution in [0, 0.1) is 23.3 Å². The van der Waals surface area contributed by atoms with Gasteiger partial charge in [0.05, 0.1) is 26.6 Å². The predicted molar refractivity (Wildman–Crippen MR) is 230 cm³/mol. The van der Waals surface area contributed by atoms with Crippen LogP contribution in [0.2, 0.25) is 0 Å². The fraction of sp³-hybridized carbons (Fsp3) is 0.372. The third kappa shape index (κ3) is 8.60. The van der Waals surface area contributed by atoms with E-state index in [1.807, 2.05) is 31.7 Å². The highest BCUT2D eigenvalue weighted by Gasteiger charge is 2.42. The summed E-state index contributed by atoms with van der Waals surface area (Å²) in [5.41, 5.74) is 0.162. The van der Waals surface area contributed by atoms with Crippen molar-refractivity contribution >= 4 is 58.9 Å². The van der Waals surface area contributed by atoms with E-state index in [0.29, 0.717) is 28.8 Å². The molecule has 4 aromatic carbocycles. The first-order valence-corrected chi connectivity index (χ1v) is 25.3. The van der Waals surface area contributed by atoms with E-state index in [1.54, 1.807) is 32.1 Å². The van der Waals surface area contributed by atoms with Gasteiger partial charge in [0.2, 0.25) is 5.36 Å². The fourth-order valence-corrected chi connectivity index (χ4v) is 11.9. The molecule has 62 heavy (non-hydrogen) atoms. The summed E-state index contributed by atoms with van der Waals surface area (Å²) < 4.78 is 169. The minimum absolute atomic E-state index is 0.101. The first-order valence-electron chi connectivity index (χ1n) is 19.7. The van der Waals surface area contributed by atoms with Crippen LogP contribution in [0.5, 0.6) is 0 Å². The van der Waals surface area contributed by atoms with Crippen molar-refractivity contribution in [3.05, 3.63) is 127 Å². The smallest absolute Gasteiger partial charge is 0.294 e. The second-order valence-corrected chi connectivity index (χ2v) is 22.4. The molecule has 0 atom stereocenters. The molecule has 0 spiro atoms. The van der Waals surface area contributed by atoms with Crippen LogP contribution in [-0.2, 0) is 48.7 Å². The van der Waals surface area contributed by atoms with E-state index < -0.39 is 92.3 Å². The van der Waals surface area contributed by atoms with Gasteiger partial charge < -0.3 is 4.90 Å². The van der Waals surface area contributed by atoms with E-state index in [0.717, 1.165) is 36.9 Å². The molecule has 19 heteroatoms. The lowest BCUT2D eigenvalue weighted by Gasteiger charge is -2.45. The molecule has 0 saturated carbocycles. The molecule has 0 amide bonds. The molecule has 1 aliphatic carbocycles. The summed E-state index contributed by atoms with van der Waals surface area (Å²) in [6.45, 7) is 11.0. The number of halogens is 4. The van der Waals surface area contributed by atoms with Crippen molar-refractivity contribution < 1.29 is 56.5 Å². The van der Waals surface area contributed by atoms with Gasteiger partial charge in [0.15, 0.2) is 23.3 Å². The van der Waals surface area contributed by atoms with Crippen LogP contribution in [-0.4, -0.2) is 74.8 Å². The monoisotopic (exact) mass is 937 g/mol. The Morgan fingerprint density at radius 3 is 2.03 bits per heavy atom. The Bertz CT molecular complexity index is 3030. The van der Waals surface area contributed by atoms with Crippen LogP contribution in [0.1, 0.15) is 86.4 Å². The van der Waals surface area contributed by atoms with Gasteiger partial charge in [-0.15, -0.1) is 11.8 Å². The van der Waals surface area contributed by atoms with Gasteiger partial charge >= 0.3 is 0 Å². The Labute approximate surface area is 362 Å². The van der Waals surface area contributed by atoms with Gasteiger partial charge in [-0.3, -0.25) is 13.7 Å². The van der Waals surface area contributed by atoms with Crippen molar-refractivity contribution in [3.63, 3.8) is 0 Å². The normalized spacial score (nSPS) is 17.0. The lowest BCUT2D eigenvalue weighted by molar-refractivity contribution is 0.422. The number of anilines is 1. The summed E-state index contributed by atoms with van der Waals surface area (Å²) >= 11 is 0.186. The number of thioether (sulfide) groups is 1. The van der Waals surface area contributed by atoms with Crippen molar-refractivity contribution in [2.24, 2.45) is 0 Å². The molecule has 0 unspecified atom stereocenters. The zero-order valence-electron chi connectivity index (χ0n) is 34.4. The molecular formula is C43H45F4N2O9S4+. The average molecular weight is 938 g/mol. The molecule has 0 bridgehead atoms. The molecule has 0 saturated heterocycles. The van der Waals surface area contributed by atoms with E-state index in [2.05, 4.69) is 4.58 Å². The molecule has 4 aromatic rings. The number of hydrogen-bond donors (Lipinski definition) is 3. The Morgan fingerprint density at radius 1 is 0.806 bits per heavy atom. The molecule has 0 fully saturated rings. The van der Waals surface area contributed by atoms with E-state index in [4.69, 9.17) is 0 Å². The van der Waals surface area contributed by atoms with Crippen LogP contribution in [0.25, 0.3) is 11.1 Å². The van der Waals surface area contributed by atoms with Crippen molar-refractivity contribution in [1.29, 1.82) is 0 Å². The summed E-state index contributed by atoms with van der Waals surface area (Å²) in [5, 5.41) is 1.19. The second kappa shape index (κ2) is 16.2. The summed E-state index contributed by atoms with van der Waals surface area (Å²) in [6.07, 6.45) is 3.81. The Hall–Kier alpha value is -4.11. The topological polar surface area (TPSA) is 169 Å². The molecule has 0 radical (unpaired) electrons. The number of rotatable bonds is 12. The Balaban J connectivity index is 1.57. The van der Waals surface area contributed by atoms with Gasteiger partial charge in [0.1, 0.15) is 18.8 Å². The Morgan fingerprint density at radius 2 is 1.45 bits per heavy atom. The summed E-state index contributed by atoms with van der Waals surface area (Å²) in [5.74, 6) is -9.47. The highest BCUT2D eigenvalue weighted by atomic mass is 32.2. The lowest BCUT2D eigenvalue weighted by atomic mass is 9.67. The Kier molecular flexibility index (Phi) is 12.0. The SMILES string of the molecule is CCC[N+]1=c2cc3c(cc2CCC1)=C(c1c(F)c(F)c(SCCS(=O)(=O)O)c(F)c1F)c1cc2c(cc1C3(C)C)N(Cc1ccc(S(=O)(=O)O)cc1)C(C)(C)C=C2CS(=O)(=O)O. The van der Waals surface area contributed by atoms with Crippen molar-refractivity contribution in [2.75, 3.05) is 35.2 Å². The van der Waals surface area contributed by atoms with E-state index in [9.17, 15) is 38.9 Å². The van der Waals surface area contributed by atoms with Crippen LogP contribution < -0.4 is 20.1 Å². The van der Waals surface area contributed by atoms with Crippen molar-refractivity contribution in [1.82, 2.24) is 4.58 Å². The van der Waals surface area contributed by atoms with Crippen LogP contribution >= 0.6 is 11.8 Å². The number of fused-ring (bicyclic) bond motifs is 4. The second-order valence-electron chi connectivity index (χ2n) is 16.9. The zero-order valence-corrected chi connectivity index (χ0v) is 37.7. The zero-order chi connectivity index (χ0) is 45.5. The first kappa shape index (κ1) is 45.9. The maximum absolute atomic E-state index is 16.8. The van der Waals surface area contributed by atoms with Crippen LogP contribution in [0.3, 0.4) is 0 Å². The highest BCUT2D eigenvalue weighted by Crippen LogP contribution is 2.49. The van der Waals surface area contributed by atoms with Gasteiger partial charge in [0, 0.05) is 59.0 Å². The standard InChI is InChI=1S/C43H44F4N2O9S4/c1-6-13-48-14-7-8-25-17-29-31(19-33(25)48)43(4,5)32-20-34-28(18-30(32)35(29)36-37(44)39(46)41(40(47)38(36)45)59-15-16-60(50,51)52)26(23-61(53,54)55)21-42(2,3)49(34)22-24-9-11-27(12-10-24)62(56,57)58/h9-12,17-21H,6-8,13-16,22-23H2,1-5H3,(H2-,50,51,52,53,54,55,56,57,58)/p+1. The maximum Gasteiger partial charge on any atom is 0.294 e. The van der Waals surface area contributed by atoms with E-state index in [1.165, 1.54) is 30.3 Å². The summed E-state index contributed by atoms with van der Waals surface area (Å²) in [4.78, 5) is 0.458. The van der Waals surface area contributed by atoms with Gasteiger partial charge in [-0.1, -0.05) is 39.0 Å². The van der Waals surface area contributed by atoms with Gasteiger partial charge in [-0.05, 0) is 83.6 Å². The van der Waals surface area contributed by atoms with Crippen molar-refractivity contribution in [2.45, 2.75) is 81.2 Å². The minimum Gasteiger partial charge on any atom is -0.358 e. The number of nitrogens with zero attached hydrogens (tertiary/aromatic N) is 2. The van der Waals surface area contributed by atoms with Gasteiger partial charge in [-0.25, -0.2) is 22.1 Å².